The summed E-state index contributed by atoms with van der Waals surface area (Å²) in [5.74, 6) is 0.705. The van der Waals surface area contributed by atoms with Gasteiger partial charge in [-0.05, 0) is 24.3 Å². The zero-order valence-electron chi connectivity index (χ0n) is 11.6. The fraction of sp³-hybridized carbons (Fsp3) is 0.400. The molecule has 21 heavy (non-hydrogen) atoms. The first-order chi connectivity index (χ1) is 9.78. The van der Waals surface area contributed by atoms with Gasteiger partial charge in [-0.25, -0.2) is 0 Å². The van der Waals surface area contributed by atoms with E-state index in [-0.39, 0.29) is 12.4 Å². The normalized spacial score (nSPS) is 16.0. The monoisotopic (exact) mass is 344 g/mol. The summed E-state index contributed by atoms with van der Waals surface area (Å²) < 4.78 is 0. The zero-order chi connectivity index (χ0) is 13.9. The fourth-order valence-corrected chi connectivity index (χ4v) is 3.12. The Labute approximate surface area is 141 Å². The molecule has 0 saturated carbocycles. The quantitative estimate of drug-likeness (QED) is 0.744. The van der Waals surface area contributed by atoms with Crippen LogP contribution in [0.4, 0.5) is 5.69 Å². The van der Waals surface area contributed by atoms with E-state index in [0.717, 1.165) is 43.3 Å². The van der Waals surface area contributed by atoms with Crippen LogP contribution in [0.2, 0.25) is 5.02 Å². The summed E-state index contributed by atoms with van der Waals surface area (Å²) in [6, 6.07) is 8.00. The van der Waals surface area contributed by atoms with Crippen molar-refractivity contribution in [1.29, 1.82) is 0 Å². The molecule has 1 aliphatic heterocycles. The highest BCUT2D eigenvalue weighted by molar-refractivity contribution is 6.31. The van der Waals surface area contributed by atoms with E-state index < -0.39 is 0 Å². The average Bonchev–Trinajstić information content (AvgIpc) is 2.47. The Bertz CT molecular complexity index is 598. The van der Waals surface area contributed by atoms with Gasteiger partial charge in [0.2, 0.25) is 0 Å². The lowest BCUT2D eigenvalue weighted by atomic mass is 10.1. The number of halogens is 3. The Hall–Kier alpha value is -0.740. The van der Waals surface area contributed by atoms with E-state index in [4.69, 9.17) is 23.2 Å². The van der Waals surface area contributed by atoms with Gasteiger partial charge < -0.3 is 17.3 Å². The molecule has 0 atom stereocenters. The van der Waals surface area contributed by atoms with Gasteiger partial charge in [0, 0.05) is 60.9 Å². The Kier molecular flexibility index (Phi) is 5.94. The Morgan fingerprint density at radius 3 is 2.57 bits per heavy atom. The maximum atomic E-state index is 6.04. The van der Waals surface area contributed by atoms with Crippen molar-refractivity contribution in [2.75, 3.05) is 43.5 Å². The van der Waals surface area contributed by atoms with Gasteiger partial charge in [-0.3, -0.25) is 9.88 Å². The standard InChI is InChI=1S/C15H17Cl2N3.ClH/c16-4-6-19-7-9-20(10-8-19)15-3-5-18-14-11-12(17)1-2-13(14)15;/h1-3,5,11H,4,6-10H2;1H/p-1. The maximum absolute atomic E-state index is 6.04. The highest BCUT2D eigenvalue weighted by Gasteiger charge is 2.18. The number of alkyl halides is 1. The molecule has 0 bridgehead atoms. The second kappa shape index (κ2) is 7.50. The smallest absolute Gasteiger partial charge is 0.0737 e. The summed E-state index contributed by atoms with van der Waals surface area (Å²) in [4.78, 5) is 9.23. The largest absolute Gasteiger partial charge is 1.00 e. The third kappa shape index (κ3) is 3.72. The summed E-state index contributed by atoms with van der Waals surface area (Å²) in [5.41, 5.74) is 2.20. The van der Waals surface area contributed by atoms with Crippen LogP contribution < -0.4 is 17.3 Å². The second-order valence-electron chi connectivity index (χ2n) is 5.01. The van der Waals surface area contributed by atoms with Gasteiger partial charge in [0.15, 0.2) is 0 Å². The third-order valence-electron chi connectivity index (χ3n) is 3.80. The van der Waals surface area contributed by atoms with Crippen molar-refractivity contribution in [3.05, 3.63) is 35.5 Å². The van der Waals surface area contributed by atoms with Crippen LogP contribution in [-0.2, 0) is 0 Å². The minimum absolute atomic E-state index is 0. The van der Waals surface area contributed by atoms with Crippen LogP contribution in [0.15, 0.2) is 30.5 Å². The number of benzene rings is 1. The summed E-state index contributed by atoms with van der Waals surface area (Å²) in [7, 11) is 0. The predicted octanol–water partition coefficient (Wildman–Crippen LogP) is 0.253. The molecule has 0 spiro atoms. The molecule has 2 heterocycles. The molecule has 114 valence electrons. The first-order valence-electron chi connectivity index (χ1n) is 6.85. The van der Waals surface area contributed by atoms with Crippen molar-refractivity contribution in [2.45, 2.75) is 0 Å². The average molecular weight is 346 g/mol. The molecule has 0 N–H and O–H groups in total. The molecule has 3 rings (SSSR count). The molecule has 1 aromatic heterocycles. The highest BCUT2D eigenvalue weighted by Crippen LogP contribution is 2.28. The van der Waals surface area contributed by atoms with E-state index in [9.17, 15) is 0 Å². The lowest BCUT2D eigenvalue weighted by Crippen LogP contribution is -3.00. The van der Waals surface area contributed by atoms with E-state index in [2.05, 4.69) is 26.9 Å². The maximum Gasteiger partial charge on any atom is 0.0737 e. The molecule has 1 fully saturated rings. The molecule has 0 unspecified atom stereocenters. The van der Waals surface area contributed by atoms with Gasteiger partial charge in [0.25, 0.3) is 0 Å². The number of fused-ring (bicyclic) bond motifs is 1. The highest BCUT2D eigenvalue weighted by atomic mass is 35.5. The predicted molar refractivity (Wildman–Crippen MR) is 86.1 cm³/mol. The van der Waals surface area contributed by atoms with E-state index >= 15 is 0 Å². The number of anilines is 1. The number of hydrogen-bond donors (Lipinski definition) is 0. The topological polar surface area (TPSA) is 19.4 Å². The minimum Gasteiger partial charge on any atom is -1.00 e. The number of piperazine rings is 1. The zero-order valence-corrected chi connectivity index (χ0v) is 13.9. The lowest BCUT2D eigenvalue weighted by Gasteiger charge is -2.36. The van der Waals surface area contributed by atoms with Gasteiger partial charge in [0.1, 0.15) is 0 Å². The number of hydrogen-bond acceptors (Lipinski definition) is 3. The van der Waals surface area contributed by atoms with Crippen LogP contribution in [-0.4, -0.2) is 48.5 Å². The number of aromatic nitrogens is 1. The van der Waals surface area contributed by atoms with Crippen molar-refractivity contribution in [2.24, 2.45) is 0 Å². The summed E-state index contributed by atoms with van der Waals surface area (Å²) in [6.07, 6.45) is 1.86. The molecule has 2 aromatic rings. The van der Waals surface area contributed by atoms with Gasteiger partial charge in [-0.15, -0.1) is 11.6 Å². The van der Waals surface area contributed by atoms with Crippen LogP contribution in [0.5, 0.6) is 0 Å². The van der Waals surface area contributed by atoms with Crippen molar-refractivity contribution >= 4 is 39.8 Å². The van der Waals surface area contributed by atoms with Crippen molar-refractivity contribution < 1.29 is 12.4 Å². The van der Waals surface area contributed by atoms with Crippen LogP contribution in [0.1, 0.15) is 0 Å². The van der Waals surface area contributed by atoms with Gasteiger partial charge >= 0.3 is 0 Å². The molecule has 0 radical (unpaired) electrons. The summed E-state index contributed by atoms with van der Waals surface area (Å²) in [5, 5.41) is 1.90. The SMILES string of the molecule is ClCCN1CCN(c2ccnc3cc(Cl)ccc23)CC1.[Cl-]. The number of pyridine rings is 1. The summed E-state index contributed by atoms with van der Waals surface area (Å²) >= 11 is 11.8. The Morgan fingerprint density at radius 2 is 1.86 bits per heavy atom. The molecular formula is C15H17Cl3N3-. The first-order valence-corrected chi connectivity index (χ1v) is 7.77. The molecule has 1 aromatic carbocycles. The van der Waals surface area contributed by atoms with Crippen LogP contribution in [0.3, 0.4) is 0 Å². The van der Waals surface area contributed by atoms with Crippen molar-refractivity contribution in [1.82, 2.24) is 9.88 Å². The van der Waals surface area contributed by atoms with Crippen molar-refractivity contribution in [3.8, 4) is 0 Å². The van der Waals surface area contributed by atoms with Gasteiger partial charge in [-0.1, -0.05) is 11.6 Å². The fourth-order valence-electron chi connectivity index (χ4n) is 2.71. The van der Waals surface area contributed by atoms with E-state index in [0.29, 0.717) is 5.88 Å². The molecule has 3 nitrogen and oxygen atoms in total. The molecule has 6 heteroatoms. The number of nitrogens with zero attached hydrogens (tertiary/aromatic N) is 3. The second-order valence-corrected chi connectivity index (χ2v) is 5.82. The summed E-state index contributed by atoms with van der Waals surface area (Å²) in [6.45, 7) is 5.15. The first kappa shape index (κ1) is 16.6. The van der Waals surface area contributed by atoms with E-state index in [1.54, 1.807) is 0 Å². The van der Waals surface area contributed by atoms with Gasteiger partial charge in [-0.2, -0.15) is 0 Å². The van der Waals surface area contributed by atoms with Crippen LogP contribution >= 0.6 is 23.2 Å². The third-order valence-corrected chi connectivity index (χ3v) is 4.20. The number of rotatable bonds is 3. The Morgan fingerprint density at radius 1 is 1.10 bits per heavy atom. The van der Waals surface area contributed by atoms with E-state index in [1.165, 1.54) is 11.1 Å². The molecule has 1 aliphatic rings. The molecule has 0 aliphatic carbocycles. The molecule has 1 saturated heterocycles. The Balaban J connectivity index is 0.00000161. The molecular weight excluding hydrogens is 329 g/mol. The molecule has 0 amide bonds. The van der Waals surface area contributed by atoms with Crippen LogP contribution in [0, 0.1) is 0 Å². The minimum atomic E-state index is 0. The van der Waals surface area contributed by atoms with E-state index in [1.807, 2.05) is 18.3 Å². The lowest BCUT2D eigenvalue weighted by molar-refractivity contribution is -0.00000386. The van der Waals surface area contributed by atoms with Crippen molar-refractivity contribution in [3.63, 3.8) is 0 Å². The van der Waals surface area contributed by atoms with Crippen LogP contribution in [0.25, 0.3) is 10.9 Å². The van der Waals surface area contributed by atoms with Gasteiger partial charge in [0.05, 0.1) is 5.52 Å².